The summed E-state index contributed by atoms with van der Waals surface area (Å²) in [6.45, 7) is 1.67. The number of aliphatic hydroxyl groups excluding tert-OH is 1. The smallest absolute Gasteiger partial charge is 0.257 e. The number of hydrogen-bond donors (Lipinski definition) is 1. The summed E-state index contributed by atoms with van der Waals surface area (Å²) >= 11 is 1.78. The van der Waals surface area contributed by atoms with Crippen molar-refractivity contribution in [2.45, 2.75) is 38.5 Å². The fourth-order valence-corrected chi connectivity index (χ4v) is 5.33. The summed E-state index contributed by atoms with van der Waals surface area (Å²) in [6, 6.07) is 4.02. The molecule has 128 valence electrons. The summed E-state index contributed by atoms with van der Waals surface area (Å²) in [5.41, 5.74) is 2.20. The fraction of sp³-hybridized carbons (Fsp3) is 0.526. The van der Waals surface area contributed by atoms with Crippen molar-refractivity contribution in [2.75, 3.05) is 19.7 Å². The molecule has 0 saturated carbocycles. The highest BCUT2D eigenvalue weighted by Gasteiger charge is 2.31. The second kappa shape index (κ2) is 6.73. The molecule has 5 heteroatoms. The van der Waals surface area contributed by atoms with E-state index in [-0.39, 0.29) is 18.4 Å². The molecule has 0 spiro atoms. The highest BCUT2D eigenvalue weighted by molar-refractivity contribution is 7.15. The van der Waals surface area contributed by atoms with Crippen molar-refractivity contribution < 1.29 is 9.90 Å². The van der Waals surface area contributed by atoms with Gasteiger partial charge in [-0.2, -0.15) is 0 Å². The lowest BCUT2D eigenvalue weighted by Crippen LogP contribution is -2.41. The number of thiophene rings is 1. The lowest BCUT2D eigenvalue weighted by molar-refractivity contribution is 0.0620. The van der Waals surface area contributed by atoms with E-state index in [1.165, 1.54) is 23.3 Å². The number of carbonyl (C=O) groups is 1. The first-order chi connectivity index (χ1) is 11.8. The highest BCUT2D eigenvalue weighted by atomic mass is 32.1. The molecule has 2 aromatic rings. The van der Waals surface area contributed by atoms with Gasteiger partial charge in [0, 0.05) is 37.0 Å². The molecular formula is C19H24N2O2S. The lowest BCUT2D eigenvalue weighted by Gasteiger charge is -2.32. The number of fused-ring (bicyclic) bond motifs is 1. The van der Waals surface area contributed by atoms with Crippen LogP contribution in [0.2, 0.25) is 0 Å². The number of aryl methyl sites for hydroxylation is 1. The molecule has 3 heterocycles. The maximum Gasteiger partial charge on any atom is 0.257 e. The van der Waals surface area contributed by atoms with Crippen molar-refractivity contribution in [1.29, 1.82) is 0 Å². The standard InChI is InChI=1S/C19H24N2O2S/c22-13-14-6-5-11-21(12-14)18(23)17-15-7-1-2-8-16(15)24-19(17)20-9-3-4-10-20/h3-4,9-10,14,22H,1-2,5-8,11-13H2. The molecule has 1 saturated heterocycles. The van der Waals surface area contributed by atoms with E-state index in [4.69, 9.17) is 0 Å². The number of piperidine rings is 1. The van der Waals surface area contributed by atoms with Crippen LogP contribution in [0.3, 0.4) is 0 Å². The lowest BCUT2D eigenvalue weighted by atomic mass is 9.93. The molecule has 4 rings (SSSR count). The Bertz CT molecular complexity index is 720. The Balaban J connectivity index is 1.73. The first-order valence-electron chi connectivity index (χ1n) is 8.96. The Labute approximate surface area is 146 Å². The highest BCUT2D eigenvalue weighted by Crippen LogP contribution is 2.38. The summed E-state index contributed by atoms with van der Waals surface area (Å²) in [5.74, 6) is 0.392. The minimum atomic E-state index is 0.163. The van der Waals surface area contributed by atoms with E-state index < -0.39 is 0 Å². The zero-order valence-electron chi connectivity index (χ0n) is 13.9. The molecule has 2 aliphatic rings. The predicted octanol–water partition coefficient (Wildman–Crippen LogP) is 3.26. The van der Waals surface area contributed by atoms with Gasteiger partial charge in [-0.3, -0.25) is 4.79 Å². The van der Waals surface area contributed by atoms with Crippen molar-refractivity contribution >= 4 is 17.2 Å². The molecule has 1 atom stereocenters. The van der Waals surface area contributed by atoms with E-state index in [0.29, 0.717) is 6.54 Å². The van der Waals surface area contributed by atoms with Crippen molar-refractivity contribution in [1.82, 2.24) is 9.47 Å². The molecule has 0 bridgehead atoms. The SMILES string of the molecule is O=C(c1c(-n2cccc2)sc2c1CCCC2)N1CCCC(CO)C1. The largest absolute Gasteiger partial charge is 0.396 e. The Morgan fingerprint density at radius 1 is 1.21 bits per heavy atom. The molecule has 4 nitrogen and oxygen atoms in total. The molecule has 1 amide bonds. The van der Waals surface area contributed by atoms with Crippen molar-refractivity contribution in [2.24, 2.45) is 5.92 Å². The number of aliphatic hydroxyl groups is 1. The summed E-state index contributed by atoms with van der Waals surface area (Å²) < 4.78 is 2.09. The fourth-order valence-electron chi connectivity index (χ4n) is 3.98. The van der Waals surface area contributed by atoms with Crippen LogP contribution in [0.25, 0.3) is 5.00 Å². The van der Waals surface area contributed by atoms with Crippen LogP contribution in [0.15, 0.2) is 24.5 Å². The van der Waals surface area contributed by atoms with Crippen LogP contribution in [-0.4, -0.2) is 40.2 Å². The average molecular weight is 344 g/mol. The number of carbonyl (C=O) groups excluding carboxylic acids is 1. The van der Waals surface area contributed by atoms with Crippen LogP contribution < -0.4 is 0 Å². The van der Waals surface area contributed by atoms with Crippen molar-refractivity contribution in [3.8, 4) is 5.00 Å². The van der Waals surface area contributed by atoms with Gasteiger partial charge in [-0.15, -0.1) is 11.3 Å². The van der Waals surface area contributed by atoms with Crippen molar-refractivity contribution in [3.63, 3.8) is 0 Å². The van der Waals surface area contributed by atoms with Crippen LogP contribution in [-0.2, 0) is 12.8 Å². The van der Waals surface area contributed by atoms with Gasteiger partial charge in [0.15, 0.2) is 0 Å². The summed E-state index contributed by atoms with van der Waals surface area (Å²) in [5, 5.41) is 10.6. The number of likely N-dealkylation sites (tertiary alicyclic amines) is 1. The topological polar surface area (TPSA) is 45.5 Å². The Morgan fingerprint density at radius 3 is 2.79 bits per heavy atom. The van der Waals surface area contributed by atoms with Crippen LogP contribution in [0, 0.1) is 5.92 Å². The first-order valence-corrected chi connectivity index (χ1v) is 9.77. The van der Waals surface area contributed by atoms with Gasteiger partial charge in [0.05, 0.1) is 5.56 Å². The molecule has 1 aliphatic carbocycles. The van der Waals surface area contributed by atoms with E-state index in [9.17, 15) is 9.90 Å². The summed E-state index contributed by atoms with van der Waals surface area (Å²) in [4.78, 5) is 16.7. The second-order valence-corrected chi connectivity index (χ2v) is 8.01. The Morgan fingerprint density at radius 2 is 2.00 bits per heavy atom. The van der Waals surface area contributed by atoms with Gasteiger partial charge in [0.25, 0.3) is 5.91 Å². The quantitative estimate of drug-likeness (QED) is 0.929. The van der Waals surface area contributed by atoms with Gasteiger partial charge in [-0.1, -0.05) is 0 Å². The molecule has 1 aliphatic heterocycles. The van der Waals surface area contributed by atoms with Gasteiger partial charge < -0.3 is 14.6 Å². The zero-order chi connectivity index (χ0) is 16.5. The van der Waals surface area contributed by atoms with Gasteiger partial charge in [0.2, 0.25) is 0 Å². The molecule has 1 N–H and O–H groups in total. The molecular weight excluding hydrogens is 320 g/mol. The van der Waals surface area contributed by atoms with Gasteiger partial charge in [-0.05, 0) is 62.1 Å². The molecule has 24 heavy (non-hydrogen) atoms. The molecule has 1 unspecified atom stereocenters. The minimum absolute atomic E-state index is 0.163. The number of amides is 1. The van der Waals surface area contributed by atoms with E-state index in [1.54, 1.807) is 11.3 Å². The Hall–Kier alpha value is -1.59. The number of nitrogens with zero attached hydrogens (tertiary/aromatic N) is 2. The van der Waals surface area contributed by atoms with E-state index in [0.717, 1.165) is 42.8 Å². The molecule has 0 aromatic carbocycles. The third kappa shape index (κ3) is 2.80. The van der Waals surface area contributed by atoms with Gasteiger partial charge in [0.1, 0.15) is 5.00 Å². The van der Waals surface area contributed by atoms with Crippen molar-refractivity contribution in [3.05, 3.63) is 40.5 Å². The van der Waals surface area contributed by atoms with Crippen LogP contribution in [0.4, 0.5) is 0 Å². The molecule has 1 fully saturated rings. The summed E-state index contributed by atoms with van der Waals surface area (Å²) in [7, 11) is 0. The monoisotopic (exact) mass is 344 g/mol. The average Bonchev–Trinajstić information content (AvgIpc) is 3.28. The molecule has 0 radical (unpaired) electrons. The van der Waals surface area contributed by atoms with Crippen LogP contribution in [0.5, 0.6) is 0 Å². The van der Waals surface area contributed by atoms with Gasteiger partial charge >= 0.3 is 0 Å². The second-order valence-electron chi connectivity index (χ2n) is 6.92. The summed E-state index contributed by atoms with van der Waals surface area (Å²) in [6.07, 6.45) is 10.6. The third-order valence-electron chi connectivity index (χ3n) is 5.27. The van der Waals surface area contributed by atoms with Crippen LogP contribution in [0.1, 0.15) is 46.5 Å². The van der Waals surface area contributed by atoms with E-state index in [2.05, 4.69) is 4.57 Å². The maximum absolute atomic E-state index is 13.3. The van der Waals surface area contributed by atoms with E-state index in [1.807, 2.05) is 29.4 Å². The van der Waals surface area contributed by atoms with Crippen LogP contribution >= 0.6 is 11.3 Å². The minimum Gasteiger partial charge on any atom is -0.396 e. The predicted molar refractivity (Wildman–Crippen MR) is 96.0 cm³/mol. The van der Waals surface area contributed by atoms with Gasteiger partial charge in [-0.25, -0.2) is 0 Å². The van der Waals surface area contributed by atoms with E-state index >= 15 is 0 Å². The number of rotatable bonds is 3. The number of aromatic nitrogens is 1. The molecule has 2 aromatic heterocycles. The Kier molecular flexibility index (Phi) is 4.46. The number of hydrogen-bond acceptors (Lipinski definition) is 3. The maximum atomic E-state index is 13.3. The third-order valence-corrected chi connectivity index (χ3v) is 6.58. The zero-order valence-corrected chi connectivity index (χ0v) is 14.7. The normalized spacial score (nSPS) is 20.9. The first kappa shape index (κ1) is 15.9.